The number of esters is 1. The monoisotopic (exact) mass is 404 g/mol. The lowest BCUT2D eigenvalue weighted by molar-refractivity contribution is -0.385. The second-order valence-electron chi connectivity index (χ2n) is 5.76. The molecule has 4 rings (SSSR count). The third-order valence-electron chi connectivity index (χ3n) is 3.94. The fraction of sp³-hybridized carbons (Fsp3) is 0.111. The molecule has 0 unspecified atom stereocenters. The Bertz CT molecular complexity index is 1080. The van der Waals surface area contributed by atoms with Gasteiger partial charge in [-0.3, -0.25) is 10.1 Å². The first kappa shape index (κ1) is 18.3. The molecule has 2 heterocycles. The predicted octanol–water partition coefficient (Wildman–Crippen LogP) is 3.27. The molecule has 2 aromatic carbocycles. The van der Waals surface area contributed by atoms with Crippen molar-refractivity contribution in [1.29, 1.82) is 0 Å². The summed E-state index contributed by atoms with van der Waals surface area (Å²) in [4.78, 5) is 26.9. The summed E-state index contributed by atoms with van der Waals surface area (Å²) < 4.78 is 44.4. The average Bonchev–Trinajstić information content (AvgIpc) is 3.27. The number of halogens is 2. The Morgan fingerprint density at radius 1 is 1.21 bits per heavy atom. The summed E-state index contributed by atoms with van der Waals surface area (Å²) in [6, 6.07) is 7.98. The zero-order valence-corrected chi connectivity index (χ0v) is 14.3. The fourth-order valence-electron chi connectivity index (χ4n) is 2.71. The van der Waals surface area contributed by atoms with Crippen LogP contribution in [-0.2, 0) is 9.53 Å². The number of nitro benzene ring substituents is 1. The number of hydrogen-bond acceptors (Lipinski definition) is 8. The van der Waals surface area contributed by atoms with Crippen LogP contribution >= 0.6 is 0 Å². The number of cyclic esters (lactones) is 1. The highest BCUT2D eigenvalue weighted by Gasteiger charge is 2.28. The third kappa shape index (κ3) is 3.70. The molecule has 2 aliphatic heterocycles. The molecule has 0 radical (unpaired) electrons. The number of nitro groups is 1. The molecule has 29 heavy (non-hydrogen) atoms. The van der Waals surface area contributed by atoms with E-state index < -0.39 is 17.5 Å². The molecule has 2 aliphatic rings. The molecule has 0 N–H and O–H groups in total. The predicted molar refractivity (Wildman–Crippen MR) is 92.9 cm³/mol. The Balaban J connectivity index is 1.70. The zero-order chi connectivity index (χ0) is 20.5. The molecule has 0 bridgehead atoms. The number of carbonyl (C=O) groups is 1. The summed E-state index contributed by atoms with van der Waals surface area (Å²) in [6.07, 6.45) is 1.18. The van der Waals surface area contributed by atoms with Crippen molar-refractivity contribution in [2.24, 2.45) is 4.99 Å². The van der Waals surface area contributed by atoms with Crippen LogP contribution in [0.25, 0.3) is 6.08 Å². The Labute approximate surface area is 160 Å². The SMILES string of the molecule is O=C1OC(c2cccc(OC(F)F)c2)=N/C1=C/c1cc2c(cc1[N+](=O)[O-])OCO2. The number of carbonyl (C=O) groups excluding carboxylic acids is 1. The van der Waals surface area contributed by atoms with Crippen LogP contribution in [0, 0.1) is 10.1 Å². The van der Waals surface area contributed by atoms with Crippen molar-refractivity contribution in [2.45, 2.75) is 6.61 Å². The van der Waals surface area contributed by atoms with Gasteiger partial charge in [-0.15, -0.1) is 0 Å². The van der Waals surface area contributed by atoms with E-state index in [1.54, 1.807) is 0 Å². The molecule has 0 saturated carbocycles. The standard InChI is InChI=1S/C18H10F2N2O7/c19-18(20)28-11-3-1-2-9(4-11)16-21-12(17(23)29-16)5-10-6-14-15(27-8-26-14)7-13(10)22(24)25/h1-7,18H,8H2/b12-5+. The number of aliphatic imine (C=N–C) groups is 1. The Morgan fingerprint density at radius 2 is 1.97 bits per heavy atom. The molecule has 2 aromatic rings. The van der Waals surface area contributed by atoms with Gasteiger partial charge in [0.15, 0.2) is 17.2 Å². The summed E-state index contributed by atoms with van der Waals surface area (Å²) in [5.41, 5.74) is -0.237. The van der Waals surface area contributed by atoms with E-state index in [9.17, 15) is 23.7 Å². The van der Waals surface area contributed by atoms with Crippen LogP contribution in [0.1, 0.15) is 11.1 Å². The van der Waals surface area contributed by atoms with Crippen LogP contribution in [0.3, 0.4) is 0 Å². The van der Waals surface area contributed by atoms with E-state index in [2.05, 4.69) is 9.73 Å². The van der Waals surface area contributed by atoms with Gasteiger partial charge in [0.1, 0.15) is 5.75 Å². The molecule has 0 amide bonds. The second-order valence-corrected chi connectivity index (χ2v) is 5.76. The molecule has 0 aromatic heterocycles. The minimum Gasteiger partial charge on any atom is -0.454 e. The molecular formula is C18H10F2N2O7. The van der Waals surface area contributed by atoms with Gasteiger partial charge >= 0.3 is 12.6 Å². The van der Waals surface area contributed by atoms with Crippen molar-refractivity contribution in [3.05, 3.63) is 63.3 Å². The first-order chi connectivity index (χ1) is 13.9. The Kier molecular flexibility index (Phi) is 4.55. The largest absolute Gasteiger partial charge is 0.454 e. The highest BCUT2D eigenvalue weighted by molar-refractivity contribution is 6.13. The van der Waals surface area contributed by atoms with Crippen molar-refractivity contribution >= 4 is 23.6 Å². The number of fused-ring (bicyclic) bond motifs is 1. The minimum atomic E-state index is -3.01. The van der Waals surface area contributed by atoms with Crippen LogP contribution in [-0.4, -0.2) is 30.2 Å². The molecule has 0 aliphatic carbocycles. The van der Waals surface area contributed by atoms with E-state index in [0.717, 1.165) is 0 Å². The second kappa shape index (κ2) is 7.19. The quantitative estimate of drug-likeness (QED) is 0.326. The molecule has 9 nitrogen and oxygen atoms in total. The van der Waals surface area contributed by atoms with Crippen LogP contribution in [0.2, 0.25) is 0 Å². The van der Waals surface area contributed by atoms with Gasteiger partial charge in [-0.2, -0.15) is 8.78 Å². The normalized spacial score (nSPS) is 16.2. The molecule has 0 atom stereocenters. The van der Waals surface area contributed by atoms with E-state index in [1.165, 1.54) is 42.5 Å². The maximum absolute atomic E-state index is 12.4. The summed E-state index contributed by atoms with van der Waals surface area (Å²) in [6.45, 7) is -3.09. The minimum absolute atomic E-state index is 0.0611. The number of alkyl halides is 2. The zero-order valence-electron chi connectivity index (χ0n) is 14.3. The van der Waals surface area contributed by atoms with Crippen LogP contribution in [0.5, 0.6) is 17.2 Å². The van der Waals surface area contributed by atoms with Crippen LogP contribution < -0.4 is 14.2 Å². The molecule has 0 spiro atoms. The van der Waals surface area contributed by atoms with E-state index >= 15 is 0 Å². The summed E-state index contributed by atoms with van der Waals surface area (Å²) in [5, 5.41) is 11.3. The number of nitrogens with zero attached hydrogens (tertiary/aromatic N) is 2. The summed E-state index contributed by atoms with van der Waals surface area (Å²) >= 11 is 0. The molecular weight excluding hydrogens is 394 g/mol. The highest BCUT2D eigenvalue weighted by atomic mass is 19.3. The van der Waals surface area contributed by atoms with Crippen molar-refractivity contribution in [3.63, 3.8) is 0 Å². The third-order valence-corrected chi connectivity index (χ3v) is 3.94. The Morgan fingerprint density at radius 3 is 2.69 bits per heavy atom. The number of ether oxygens (including phenoxy) is 4. The Hall–Kier alpha value is -4.02. The number of benzene rings is 2. The highest BCUT2D eigenvalue weighted by Crippen LogP contribution is 2.39. The first-order valence-electron chi connectivity index (χ1n) is 8.06. The lowest BCUT2D eigenvalue weighted by atomic mass is 10.1. The van der Waals surface area contributed by atoms with Gasteiger partial charge in [-0.25, -0.2) is 9.79 Å². The van der Waals surface area contributed by atoms with E-state index in [1.807, 2.05) is 0 Å². The summed E-state index contributed by atoms with van der Waals surface area (Å²) in [7, 11) is 0. The van der Waals surface area contributed by atoms with Gasteiger partial charge in [-0.1, -0.05) is 6.07 Å². The average molecular weight is 404 g/mol. The molecule has 0 fully saturated rings. The van der Waals surface area contributed by atoms with Gasteiger partial charge in [0.2, 0.25) is 12.7 Å². The maximum Gasteiger partial charge on any atom is 0.387 e. The topological polar surface area (TPSA) is 109 Å². The molecule has 0 saturated heterocycles. The van der Waals surface area contributed by atoms with E-state index in [-0.39, 0.29) is 52.5 Å². The van der Waals surface area contributed by atoms with Gasteiger partial charge in [0, 0.05) is 5.56 Å². The van der Waals surface area contributed by atoms with Gasteiger partial charge < -0.3 is 18.9 Å². The van der Waals surface area contributed by atoms with Crippen molar-refractivity contribution < 1.29 is 37.4 Å². The van der Waals surface area contributed by atoms with Gasteiger partial charge in [0.25, 0.3) is 5.69 Å². The number of hydrogen-bond donors (Lipinski definition) is 0. The lowest BCUT2D eigenvalue weighted by Gasteiger charge is -2.05. The molecule has 148 valence electrons. The van der Waals surface area contributed by atoms with Gasteiger partial charge in [0.05, 0.1) is 16.6 Å². The molecule has 11 heteroatoms. The smallest absolute Gasteiger partial charge is 0.387 e. The lowest BCUT2D eigenvalue weighted by Crippen LogP contribution is -2.07. The number of rotatable bonds is 5. The first-order valence-corrected chi connectivity index (χ1v) is 8.06. The van der Waals surface area contributed by atoms with Crippen LogP contribution in [0.15, 0.2) is 47.1 Å². The van der Waals surface area contributed by atoms with E-state index in [0.29, 0.717) is 0 Å². The van der Waals surface area contributed by atoms with Crippen molar-refractivity contribution in [1.82, 2.24) is 0 Å². The van der Waals surface area contributed by atoms with Gasteiger partial charge in [-0.05, 0) is 30.3 Å². The van der Waals surface area contributed by atoms with Crippen LogP contribution in [0.4, 0.5) is 14.5 Å². The maximum atomic E-state index is 12.4. The summed E-state index contributed by atoms with van der Waals surface area (Å²) in [5.74, 6) is -0.639. The van der Waals surface area contributed by atoms with E-state index in [4.69, 9.17) is 14.2 Å². The van der Waals surface area contributed by atoms with Crippen molar-refractivity contribution in [3.8, 4) is 17.2 Å². The van der Waals surface area contributed by atoms with Crippen molar-refractivity contribution in [2.75, 3.05) is 6.79 Å². The fourth-order valence-corrected chi connectivity index (χ4v) is 2.71.